The zero-order valence-electron chi connectivity index (χ0n) is 13.2. The topological polar surface area (TPSA) is 35.6 Å². The molecular weight excluding hydrogens is 312 g/mol. The number of nitrogens with one attached hydrogen (secondary N) is 1. The van der Waals surface area contributed by atoms with Gasteiger partial charge in [-0.1, -0.05) is 18.2 Å². The molecule has 3 rings (SSSR count). The molecule has 0 aromatic heterocycles. The molecule has 24 heavy (non-hydrogen) atoms. The van der Waals surface area contributed by atoms with Crippen molar-refractivity contribution in [1.82, 2.24) is 9.80 Å². The molecule has 6 heteroatoms. The van der Waals surface area contributed by atoms with E-state index in [0.717, 1.165) is 0 Å². The Bertz CT molecular complexity index is 698. The van der Waals surface area contributed by atoms with Gasteiger partial charge in [-0.15, -0.1) is 0 Å². The molecule has 0 unspecified atom stereocenters. The second-order valence-corrected chi connectivity index (χ2v) is 5.79. The van der Waals surface area contributed by atoms with E-state index in [2.05, 4.69) is 10.2 Å². The maximum absolute atomic E-state index is 13.7. The summed E-state index contributed by atoms with van der Waals surface area (Å²) >= 11 is 0. The smallest absolute Gasteiger partial charge is 0.321 e. The first-order chi connectivity index (χ1) is 11.6. The zero-order valence-corrected chi connectivity index (χ0v) is 13.2. The lowest BCUT2D eigenvalue weighted by Crippen LogP contribution is -2.49. The van der Waals surface area contributed by atoms with Gasteiger partial charge in [0.2, 0.25) is 0 Å². The molecule has 2 aromatic rings. The van der Waals surface area contributed by atoms with Crippen LogP contribution in [-0.4, -0.2) is 42.0 Å². The van der Waals surface area contributed by atoms with Crippen LogP contribution in [0.1, 0.15) is 5.56 Å². The summed E-state index contributed by atoms with van der Waals surface area (Å²) in [5, 5.41) is 2.75. The molecule has 0 bridgehead atoms. The SMILES string of the molecule is O=C(Nc1ccc(F)cc1)N1CCN(Cc2ccccc2F)CC1. The summed E-state index contributed by atoms with van der Waals surface area (Å²) in [6.45, 7) is 3.05. The van der Waals surface area contributed by atoms with Crippen molar-refractivity contribution in [3.05, 3.63) is 65.7 Å². The van der Waals surface area contributed by atoms with Crippen molar-refractivity contribution in [2.75, 3.05) is 31.5 Å². The van der Waals surface area contributed by atoms with Crippen LogP contribution in [0.5, 0.6) is 0 Å². The summed E-state index contributed by atoms with van der Waals surface area (Å²) in [5.74, 6) is -0.538. The van der Waals surface area contributed by atoms with Crippen LogP contribution in [0.15, 0.2) is 48.5 Å². The van der Waals surface area contributed by atoms with E-state index in [1.54, 1.807) is 17.0 Å². The van der Waals surface area contributed by atoms with Gasteiger partial charge >= 0.3 is 6.03 Å². The van der Waals surface area contributed by atoms with E-state index in [0.29, 0.717) is 44.0 Å². The number of piperazine rings is 1. The molecule has 126 valence electrons. The molecule has 0 spiro atoms. The third-order valence-corrected chi connectivity index (χ3v) is 4.11. The number of urea groups is 1. The number of anilines is 1. The van der Waals surface area contributed by atoms with Gasteiger partial charge in [0.05, 0.1) is 0 Å². The second-order valence-electron chi connectivity index (χ2n) is 5.79. The van der Waals surface area contributed by atoms with Crippen LogP contribution in [0.2, 0.25) is 0 Å². The number of nitrogens with zero attached hydrogens (tertiary/aromatic N) is 2. The molecule has 1 saturated heterocycles. The van der Waals surface area contributed by atoms with E-state index in [1.807, 2.05) is 6.07 Å². The quantitative estimate of drug-likeness (QED) is 0.936. The number of benzene rings is 2. The fraction of sp³-hybridized carbons (Fsp3) is 0.278. The Kier molecular flexibility index (Phi) is 5.05. The number of amides is 2. The minimum Gasteiger partial charge on any atom is -0.322 e. The highest BCUT2D eigenvalue weighted by Crippen LogP contribution is 2.14. The van der Waals surface area contributed by atoms with Gasteiger partial charge in [0, 0.05) is 44.0 Å². The average molecular weight is 331 g/mol. The molecule has 2 aromatic carbocycles. The van der Waals surface area contributed by atoms with Gasteiger partial charge in [-0.25, -0.2) is 13.6 Å². The minimum atomic E-state index is -0.338. The van der Waals surface area contributed by atoms with E-state index in [4.69, 9.17) is 0 Å². The Morgan fingerprint density at radius 1 is 0.958 bits per heavy atom. The molecular formula is C18H19F2N3O. The number of halogens is 2. The molecule has 1 N–H and O–H groups in total. The van der Waals surface area contributed by atoms with Crippen LogP contribution in [-0.2, 0) is 6.54 Å². The number of rotatable bonds is 3. The molecule has 0 saturated carbocycles. The summed E-state index contributed by atoms with van der Waals surface area (Å²) in [7, 11) is 0. The lowest BCUT2D eigenvalue weighted by molar-refractivity contribution is 0.142. The van der Waals surface area contributed by atoms with Gasteiger partial charge in [-0.3, -0.25) is 4.90 Å². The van der Waals surface area contributed by atoms with Gasteiger partial charge in [0.25, 0.3) is 0 Å². The molecule has 0 aliphatic carbocycles. The van der Waals surface area contributed by atoms with Gasteiger partial charge in [0.15, 0.2) is 0 Å². The Hall–Kier alpha value is -2.47. The van der Waals surface area contributed by atoms with Crippen molar-refractivity contribution in [3.63, 3.8) is 0 Å². The molecule has 1 aliphatic heterocycles. The van der Waals surface area contributed by atoms with Crippen LogP contribution in [0, 0.1) is 11.6 Å². The van der Waals surface area contributed by atoms with Gasteiger partial charge < -0.3 is 10.2 Å². The van der Waals surface area contributed by atoms with Crippen molar-refractivity contribution in [1.29, 1.82) is 0 Å². The van der Waals surface area contributed by atoms with E-state index in [1.165, 1.54) is 30.3 Å². The van der Waals surface area contributed by atoms with Crippen molar-refractivity contribution < 1.29 is 13.6 Å². The van der Waals surface area contributed by atoms with E-state index in [9.17, 15) is 13.6 Å². The first-order valence-corrected chi connectivity index (χ1v) is 7.89. The Morgan fingerprint density at radius 3 is 2.29 bits per heavy atom. The summed E-state index contributed by atoms with van der Waals surface area (Å²) < 4.78 is 26.6. The van der Waals surface area contributed by atoms with Gasteiger partial charge in [-0.2, -0.15) is 0 Å². The zero-order chi connectivity index (χ0) is 16.9. The van der Waals surface area contributed by atoms with E-state index < -0.39 is 0 Å². The number of carbonyl (C=O) groups is 1. The van der Waals surface area contributed by atoms with Crippen molar-refractivity contribution >= 4 is 11.7 Å². The summed E-state index contributed by atoms with van der Waals surface area (Å²) in [5.41, 5.74) is 1.23. The summed E-state index contributed by atoms with van der Waals surface area (Å²) in [6, 6.07) is 12.2. The fourth-order valence-electron chi connectivity index (χ4n) is 2.71. The molecule has 4 nitrogen and oxygen atoms in total. The number of carbonyl (C=O) groups excluding carboxylic acids is 1. The molecule has 0 atom stereocenters. The normalized spacial score (nSPS) is 15.3. The Labute approximate surface area is 139 Å². The van der Waals surface area contributed by atoms with Crippen LogP contribution in [0.25, 0.3) is 0 Å². The Balaban J connectivity index is 1.50. The first kappa shape index (κ1) is 16.4. The van der Waals surface area contributed by atoms with Gasteiger partial charge in [0.1, 0.15) is 11.6 Å². The molecule has 0 radical (unpaired) electrons. The van der Waals surface area contributed by atoms with Crippen molar-refractivity contribution in [2.24, 2.45) is 0 Å². The van der Waals surface area contributed by atoms with Crippen LogP contribution >= 0.6 is 0 Å². The molecule has 1 heterocycles. The van der Waals surface area contributed by atoms with Crippen molar-refractivity contribution in [3.8, 4) is 0 Å². The van der Waals surface area contributed by atoms with Crippen molar-refractivity contribution in [2.45, 2.75) is 6.54 Å². The predicted molar refractivity (Wildman–Crippen MR) is 88.7 cm³/mol. The standard InChI is InChI=1S/C18H19F2N3O/c19-15-5-7-16(8-6-15)21-18(24)23-11-9-22(10-12-23)13-14-3-1-2-4-17(14)20/h1-8H,9-13H2,(H,21,24). The maximum atomic E-state index is 13.7. The third-order valence-electron chi connectivity index (χ3n) is 4.11. The predicted octanol–water partition coefficient (Wildman–Crippen LogP) is 3.31. The minimum absolute atomic E-state index is 0.200. The first-order valence-electron chi connectivity index (χ1n) is 7.89. The van der Waals surface area contributed by atoms with E-state index >= 15 is 0 Å². The molecule has 1 aliphatic rings. The number of hydrogen-bond acceptors (Lipinski definition) is 2. The molecule has 1 fully saturated rings. The second kappa shape index (κ2) is 7.40. The Morgan fingerprint density at radius 2 is 1.62 bits per heavy atom. The van der Waals surface area contributed by atoms with Crippen LogP contribution in [0.3, 0.4) is 0 Å². The van der Waals surface area contributed by atoms with Crippen LogP contribution < -0.4 is 5.32 Å². The van der Waals surface area contributed by atoms with Crippen LogP contribution in [0.4, 0.5) is 19.3 Å². The lowest BCUT2D eigenvalue weighted by atomic mass is 10.2. The largest absolute Gasteiger partial charge is 0.322 e. The lowest BCUT2D eigenvalue weighted by Gasteiger charge is -2.34. The number of hydrogen-bond donors (Lipinski definition) is 1. The molecule has 2 amide bonds. The van der Waals surface area contributed by atoms with Gasteiger partial charge in [-0.05, 0) is 30.3 Å². The monoisotopic (exact) mass is 331 g/mol. The highest BCUT2D eigenvalue weighted by molar-refractivity contribution is 5.89. The maximum Gasteiger partial charge on any atom is 0.321 e. The summed E-state index contributed by atoms with van der Waals surface area (Å²) in [6.07, 6.45) is 0. The average Bonchev–Trinajstić information content (AvgIpc) is 2.59. The fourth-order valence-corrected chi connectivity index (χ4v) is 2.71. The third kappa shape index (κ3) is 4.08. The van der Waals surface area contributed by atoms with E-state index in [-0.39, 0.29) is 17.7 Å². The summed E-state index contributed by atoms with van der Waals surface area (Å²) in [4.78, 5) is 16.0. The highest BCUT2D eigenvalue weighted by Gasteiger charge is 2.21. The highest BCUT2D eigenvalue weighted by atomic mass is 19.1.